The van der Waals surface area contributed by atoms with E-state index in [0.29, 0.717) is 12.1 Å². The number of halogens is 2. The van der Waals surface area contributed by atoms with Crippen LogP contribution in [0.15, 0.2) is 42.6 Å². The molecule has 2 heterocycles. The van der Waals surface area contributed by atoms with Gasteiger partial charge >= 0.3 is 6.09 Å². The summed E-state index contributed by atoms with van der Waals surface area (Å²) in [6, 6.07) is 9.06. The second-order valence-corrected chi connectivity index (χ2v) is 8.03. The number of H-pyrrole nitrogens is 1. The molecule has 2 atom stereocenters. The maximum absolute atomic E-state index is 14.9. The van der Waals surface area contributed by atoms with Crippen LogP contribution in [-0.2, 0) is 16.1 Å². The Balaban J connectivity index is 1.44. The molecule has 2 amide bonds. The molecule has 4 rings (SSSR count). The first kappa shape index (κ1) is 23.3. The van der Waals surface area contributed by atoms with E-state index in [1.807, 2.05) is 6.92 Å². The largest absolute Gasteiger partial charge is 0.442 e. The number of carbonyl (C=O) groups excluding carboxylic acids is 2. The van der Waals surface area contributed by atoms with Crippen LogP contribution in [0.3, 0.4) is 0 Å². The van der Waals surface area contributed by atoms with E-state index in [-0.39, 0.29) is 36.3 Å². The Labute approximate surface area is 194 Å². The number of rotatable bonds is 8. The molecule has 11 heteroatoms. The summed E-state index contributed by atoms with van der Waals surface area (Å²) in [5.74, 6) is -1.85. The SMILES string of the molecule is CC(=O)NC[C@H]1CN(c2cc(F)c(-c3ccc(CNC(C)c4cn[nH]n4)cc3)c(F)c2)C(=O)O1. The molecule has 0 saturated carbocycles. The van der Waals surface area contributed by atoms with Gasteiger partial charge in [0.15, 0.2) is 0 Å². The predicted octanol–water partition coefficient (Wildman–Crippen LogP) is 3.06. The molecule has 0 bridgehead atoms. The van der Waals surface area contributed by atoms with E-state index < -0.39 is 23.8 Å². The first-order valence-corrected chi connectivity index (χ1v) is 10.7. The number of hydrogen-bond acceptors (Lipinski definition) is 6. The van der Waals surface area contributed by atoms with Gasteiger partial charge in [-0.1, -0.05) is 24.3 Å². The van der Waals surface area contributed by atoms with Gasteiger partial charge in [0.05, 0.1) is 42.3 Å². The molecule has 1 aliphatic heterocycles. The topological polar surface area (TPSA) is 112 Å². The van der Waals surface area contributed by atoms with Crippen molar-refractivity contribution in [2.24, 2.45) is 0 Å². The lowest BCUT2D eigenvalue weighted by molar-refractivity contribution is -0.119. The summed E-state index contributed by atoms with van der Waals surface area (Å²) >= 11 is 0. The number of amides is 2. The molecule has 1 aliphatic rings. The highest BCUT2D eigenvalue weighted by Crippen LogP contribution is 2.32. The van der Waals surface area contributed by atoms with Crippen LogP contribution >= 0.6 is 0 Å². The zero-order valence-corrected chi connectivity index (χ0v) is 18.6. The number of ether oxygens (including phenoxy) is 1. The minimum atomic E-state index is -0.793. The molecule has 1 saturated heterocycles. The van der Waals surface area contributed by atoms with Crippen LogP contribution in [0.4, 0.5) is 19.3 Å². The van der Waals surface area contributed by atoms with Crippen molar-refractivity contribution >= 4 is 17.7 Å². The Hall–Kier alpha value is -3.86. The van der Waals surface area contributed by atoms with Gasteiger partial charge in [-0.3, -0.25) is 9.69 Å². The van der Waals surface area contributed by atoms with Crippen molar-refractivity contribution in [2.45, 2.75) is 32.5 Å². The first-order chi connectivity index (χ1) is 16.3. The number of nitrogens with one attached hydrogen (secondary N) is 3. The van der Waals surface area contributed by atoms with E-state index in [4.69, 9.17) is 4.74 Å². The van der Waals surface area contributed by atoms with E-state index in [0.717, 1.165) is 28.3 Å². The van der Waals surface area contributed by atoms with Gasteiger partial charge in [-0.05, 0) is 30.2 Å². The molecule has 1 aromatic heterocycles. The molecule has 1 fully saturated rings. The van der Waals surface area contributed by atoms with Gasteiger partial charge in [0.2, 0.25) is 5.91 Å². The Kier molecular flexibility index (Phi) is 6.82. The number of aromatic nitrogens is 3. The molecule has 0 aliphatic carbocycles. The van der Waals surface area contributed by atoms with Crippen LogP contribution in [-0.4, -0.2) is 46.6 Å². The summed E-state index contributed by atoms with van der Waals surface area (Å²) in [7, 11) is 0. The Morgan fingerprint density at radius 1 is 1.26 bits per heavy atom. The summed E-state index contributed by atoms with van der Waals surface area (Å²) in [6.45, 7) is 4.04. The molecule has 3 N–H and O–H groups in total. The predicted molar refractivity (Wildman–Crippen MR) is 120 cm³/mol. The second kappa shape index (κ2) is 9.96. The molecule has 9 nitrogen and oxygen atoms in total. The maximum atomic E-state index is 14.9. The molecule has 3 aromatic rings. The Bertz CT molecular complexity index is 1150. The second-order valence-electron chi connectivity index (χ2n) is 8.03. The molecule has 2 aromatic carbocycles. The van der Waals surface area contributed by atoms with Crippen LogP contribution < -0.4 is 15.5 Å². The maximum Gasteiger partial charge on any atom is 0.414 e. The zero-order chi connectivity index (χ0) is 24.2. The molecule has 178 valence electrons. The summed E-state index contributed by atoms with van der Waals surface area (Å²) in [5, 5.41) is 16.2. The van der Waals surface area contributed by atoms with Crippen molar-refractivity contribution in [3.63, 3.8) is 0 Å². The van der Waals surface area contributed by atoms with Gasteiger partial charge in [0, 0.05) is 13.5 Å². The van der Waals surface area contributed by atoms with Crippen molar-refractivity contribution in [1.29, 1.82) is 0 Å². The van der Waals surface area contributed by atoms with Crippen molar-refractivity contribution in [2.75, 3.05) is 18.0 Å². The van der Waals surface area contributed by atoms with Gasteiger partial charge in [-0.15, -0.1) is 0 Å². The third-order valence-electron chi connectivity index (χ3n) is 5.52. The Morgan fingerprint density at radius 2 is 1.97 bits per heavy atom. The lowest BCUT2D eigenvalue weighted by Gasteiger charge is -2.16. The highest BCUT2D eigenvalue weighted by molar-refractivity contribution is 5.90. The van der Waals surface area contributed by atoms with Gasteiger partial charge < -0.3 is 15.4 Å². The standard InChI is InChI=1S/C23H24F2N6O3/c1-13(21-11-28-30-29-21)26-9-15-3-5-16(6-4-15)22-19(24)7-17(8-20(22)25)31-12-18(34-23(31)33)10-27-14(2)32/h3-8,11,13,18,26H,9-10,12H2,1-2H3,(H,27,32)(H,28,29,30)/t13?,18-/m0/s1. The van der Waals surface area contributed by atoms with Gasteiger partial charge in [-0.2, -0.15) is 15.4 Å². The average molecular weight is 470 g/mol. The van der Waals surface area contributed by atoms with Crippen LogP contribution in [0.2, 0.25) is 0 Å². The lowest BCUT2D eigenvalue weighted by atomic mass is 10.0. The highest BCUT2D eigenvalue weighted by atomic mass is 19.1. The molecular weight excluding hydrogens is 446 g/mol. The van der Waals surface area contributed by atoms with Crippen molar-refractivity contribution < 1.29 is 23.1 Å². The fourth-order valence-corrected chi connectivity index (χ4v) is 3.67. The number of aromatic amines is 1. The van der Waals surface area contributed by atoms with Crippen LogP contribution in [0, 0.1) is 11.6 Å². The number of anilines is 1. The summed E-state index contributed by atoms with van der Waals surface area (Å²) in [5.41, 5.74) is 1.96. The van der Waals surface area contributed by atoms with E-state index >= 15 is 0 Å². The van der Waals surface area contributed by atoms with Gasteiger partial charge in [0.25, 0.3) is 0 Å². The van der Waals surface area contributed by atoms with E-state index in [2.05, 4.69) is 26.0 Å². The van der Waals surface area contributed by atoms with Gasteiger partial charge in [-0.25, -0.2) is 13.6 Å². The number of benzene rings is 2. The molecular formula is C23H24F2N6O3. The van der Waals surface area contributed by atoms with Gasteiger partial charge in [0.1, 0.15) is 17.7 Å². The first-order valence-electron chi connectivity index (χ1n) is 10.7. The molecule has 0 radical (unpaired) electrons. The van der Waals surface area contributed by atoms with Crippen LogP contribution in [0.5, 0.6) is 0 Å². The van der Waals surface area contributed by atoms with Crippen LogP contribution in [0.25, 0.3) is 11.1 Å². The minimum Gasteiger partial charge on any atom is -0.442 e. The fourth-order valence-electron chi connectivity index (χ4n) is 3.67. The number of nitrogens with zero attached hydrogens (tertiary/aromatic N) is 3. The van der Waals surface area contributed by atoms with E-state index in [1.165, 1.54) is 6.92 Å². The highest BCUT2D eigenvalue weighted by Gasteiger charge is 2.33. The van der Waals surface area contributed by atoms with Crippen molar-refractivity contribution in [1.82, 2.24) is 26.0 Å². The zero-order valence-electron chi connectivity index (χ0n) is 18.6. The normalized spacial score (nSPS) is 16.4. The average Bonchev–Trinajstić information content (AvgIpc) is 3.46. The smallest absolute Gasteiger partial charge is 0.414 e. The molecule has 34 heavy (non-hydrogen) atoms. The fraction of sp³-hybridized carbons (Fsp3) is 0.304. The quantitative estimate of drug-likeness (QED) is 0.467. The third kappa shape index (κ3) is 5.20. The van der Waals surface area contributed by atoms with E-state index in [1.54, 1.807) is 30.5 Å². The van der Waals surface area contributed by atoms with E-state index in [9.17, 15) is 18.4 Å². The van der Waals surface area contributed by atoms with Crippen molar-refractivity contribution in [3.05, 3.63) is 65.5 Å². The summed E-state index contributed by atoms with van der Waals surface area (Å²) in [4.78, 5) is 24.4. The van der Waals surface area contributed by atoms with Crippen molar-refractivity contribution in [3.8, 4) is 11.1 Å². The lowest BCUT2D eigenvalue weighted by Crippen LogP contribution is -2.33. The molecule has 1 unspecified atom stereocenters. The van der Waals surface area contributed by atoms with Crippen LogP contribution in [0.1, 0.15) is 31.1 Å². The summed E-state index contributed by atoms with van der Waals surface area (Å²) in [6.07, 6.45) is 0.315. The number of cyclic esters (lactones) is 1. The third-order valence-corrected chi connectivity index (χ3v) is 5.52. The monoisotopic (exact) mass is 470 g/mol. The number of carbonyl (C=O) groups is 2. The minimum absolute atomic E-state index is 0.0176. The molecule has 0 spiro atoms. The summed E-state index contributed by atoms with van der Waals surface area (Å²) < 4.78 is 35.0. The number of hydrogen-bond donors (Lipinski definition) is 3. The Morgan fingerprint density at radius 3 is 2.59 bits per heavy atom.